The van der Waals surface area contributed by atoms with Crippen LogP contribution in [0.3, 0.4) is 0 Å². The molecule has 0 amide bonds. The van der Waals surface area contributed by atoms with Crippen molar-refractivity contribution >= 4 is 21.9 Å². The number of nitrogens with one attached hydrogen (secondary N) is 3. The predicted octanol–water partition coefficient (Wildman–Crippen LogP) is 2.29. The van der Waals surface area contributed by atoms with Crippen LogP contribution in [0, 0.1) is 11.8 Å². The van der Waals surface area contributed by atoms with Crippen LogP contribution in [-0.4, -0.2) is 51.4 Å². The van der Waals surface area contributed by atoms with Gasteiger partial charge < -0.3 is 14.7 Å². The van der Waals surface area contributed by atoms with Crippen LogP contribution < -0.4 is 26.3 Å². The number of nitrogens with zero attached hydrogens (tertiary/aromatic N) is 3. The minimum atomic E-state index is -0.498. The van der Waals surface area contributed by atoms with Crippen LogP contribution in [0.4, 0.5) is 0 Å². The van der Waals surface area contributed by atoms with Crippen molar-refractivity contribution in [3.8, 4) is 17.6 Å². The van der Waals surface area contributed by atoms with Crippen LogP contribution >= 0.6 is 0 Å². The molecule has 3 heterocycles. The Bertz CT molecular complexity index is 1590. The van der Waals surface area contributed by atoms with E-state index in [0.29, 0.717) is 19.5 Å². The molecule has 0 saturated carbocycles. The maximum Gasteiger partial charge on any atom is 0.349 e. The van der Waals surface area contributed by atoms with Crippen molar-refractivity contribution < 1.29 is 4.74 Å². The van der Waals surface area contributed by atoms with Crippen molar-refractivity contribution in [1.82, 2.24) is 24.9 Å². The number of aromatic nitrogens is 4. The third-order valence-electron chi connectivity index (χ3n) is 7.26. The third-order valence-corrected chi connectivity index (χ3v) is 7.26. The molecule has 1 fully saturated rings. The molecule has 1 unspecified atom stereocenters. The first kappa shape index (κ1) is 23.7. The average molecular weight is 487 g/mol. The highest BCUT2D eigenvalue weighted by Crippen LogP contribution is 2.33. The Kier molecular flexibility index (Phi) is 6.29. The van der Waals surface area contributed by atoms with E-state index in [-0.39, 0.29) is 17.2 Å². The Balaban J connectivity index is 1.65. The monoisotopic (exact) mass is 486 g/mol. The minimum Gasteiger partial charge on any atom is -0.496 e. The molecule has 1 aliphatic rings. The van der Waals surface area contributed by atoms with E-state index in [1.807, 2.05) is 36.2 Å². The largest absolute Gasteiger partial charge is 0.496 e. The highest BCUT2D eigenvalue weighted by molar-refractivity contribution is 5.91. The van der Waals surface area contributed by atoms with E-state index >= 15 is 0 Å². The van der Waals surface area contributed by atoms with Crippen LogP contribution in [-0.2, 0) is 6.42 Å². The van der Waals surface area contributed by atoms with Crippen molar-refractivity contribution in [2.45, 2.75) is 44.7 Å². The minimum absolute atomic E-state index is 0.208. The number of rotatable bonds is 6. The molecule has 0 bridgehead atoms. The summed E-state index contributed by atoms with van der Waals surface area (Å²) >= 11 is 0. The summed E-state index contributed by atoms with van der Waals surface area (Å²) in [5, 5.41) is 7.65. The Hall–Kier alpha value is -4.03. The second-order valence-electron chi connectivity index (χ2n) is 9.33. The number of imidazole rings is 1. The van der Waals surface area contributed by atoms with E-state index in [4.69, 9.17) is 4.74 Å². The Morgan fingerprint density at radius 2 is 2.03 bits per heavy atom. The number of aromatic amines is 2. The first-order valence-corrected chi connectivity index (χ1v) is 12.1. The first-order valence-electron chi connectivity index (χ1n) is 12.1. The lowest BCUT2D eigenvalue weighted by atomic mass is 9.79. The molecule has 2 aromatic carbocycles. The SMILES string of the molecule is CC#CCN[C@]1(C)CCCN(n2c(=O)[nH]c3nc[nH]c3c2=O)C1Cc1ccc(OC)c2ccccc12. The molecule has 186 valence electrons. The summed E-state index contributed by atoms with van der Waals surface area (Å²) in [5.41, 5.74) is 0.341. The molecule has 2 aromatic heterocycles. The second-order valence-corrected chi connectivity index (χ2v) is 9.33. The smallest absolute Gasteiger partial charge is 0.349 e. The number of benzene rings is 2. The third kappa shape index (κ3) is 4.03. The van der Waals surface area contributed by atoms with Gasteiger partial charge in [-0.2, -0.15) is 4.68 Å². The molecule has 5 rings (SSSR count). The normalized spacial score (nSPS) is 19.9. The summed E-state index contributed by atoms with van der Waals surface area (Å²) in [5.74, 6) is 6.86. The van der Waals surface area contributed by atoms with Crippen LogP contribution in [0.15, 0.2) is 52.3 Å². The quantitative estimate of drug-likeness (QED) is 0.361. The van der Waals surface area contributed by atoms with Gasteiger partial charge >= 0.3 is 11.2 Å². The molecule has 3 N–H and O–H groups in total. The second kappa shape index (κ2) is 9.55. The molecule has 1 saturated heterocycles. The van der Waals surface area contributed by atoms with Gasteiger partial charge in [0.2, 0.25) is 0 Å². The summed E-state index contributed by atoms with van der Waals surface area (Å²) in [6, 6.07) is 12.0. The predicted molar refractivity (Wildman–Crippen MR) is 141 cm³/mol. The van der Waals surface area contributed by atoms with Crippen LogP contribution in [0.25, 0.3) is 21.9 Å². The lowest BCUT2D eigenvalue weighted by molar-refractivity contribution is 0.199. The Morgan fingerprint density at radius 1 is 1.22 bits per heavy atom. The van der Waals surface area contributed by atoms with E-state index in [2.05, 4.69) is 51.2 Å². The zero-order valence-corrected chi connectivity index (χ0v) is 20.7. The zero-order chi connectivity index (χ0) is 25.3. The highest BCUT2D eigenvalue weighted by Gasteiger charge is 2.42. The van der Waals surface area contributed by atoms with Gasteiger partial charge in [0.15, 0.2) is 11.2 Å². The Labute approximate surface area is 208 Å². The van der Waals surface area contributed by atoms with E-state index in [1.54, 1.807) is 7.11 Å². The maximum atomic E-state index is 13.4. The zero-order valence-electron chi connectivity index (χ0n) is 20.7. The topological polar surface area (TPSA) is 108 Å². The van der Waals surface area contributed by atoms with Gasteiger partial charge in [-0.15, -0.1) is 5.92 Å². The van der Waals surface area contributed by atoms with Gasteiger partial charge in [-0.3, -0.25) is 15.1 Å². The number of H-pyrrole nitrogens is 2. The molecular formula is C27H30N6O3. The number of hydrogen-bond donors (Lipinski definition) is 3. The van der Waals surface area contributed by atoms with Gasteiger partial charge in [0.1, 0.15) is 5.75 Å². The summed E-state index contributed by atoms with van der Waals surface area (Å²) in [6.07, 6.45) is 3.72. The molecule has 1 aliphatic heterocycles. The van der Waals surface area contributed by atoms with E-state index in [9.17, 15) is 9.59 Å². The number of hydrogen-bond acceptors (Lipinski definition) is 6. The number of ether oxygens (including phenoxy) is 1. The highest BCUT2D eigenvalue weighted by atomic mass is 16.5. The fourth-order valence-corrected chi connectivity index (χ4v) is 5.41. The average Bonchev–Trinajstić information content (AvgIpc) is 3.35. The molecular weight excluding hydrogens is 456 g/mol. The van der Waals surface area contributed by atoms with Gasteiger partial charge in [0.25, 0.3) is 0 Å². The Morgan fingerprint density at radius 3 is 2.81 bits per heavy atom. The van der Waals surface area contributed by atoms with E-state index < -0.39 is 16.8 Å². The van der Waals surface area contributed by atoms with Crippen LogP contribution in [0.5, 0.6) is 5.75 Å². The lowest BCUT2D eigenvalue weighted by Gasteiger charge is -2.49. The van der Waals surface area contributed by atoms with Crippen LogP contribution in [0.1, 0.15) is 32.3 Å². The van der Waals surface area contributed by atoms with Gasteiger partial charge in [0.05, 0.1) is 26.0 Å². The molecule has 36 heavy (non-hydrogen) atoms. The standard InChI is InChI=1S/C27H30N6O3/c1-4-5-14-30-27(2)13-8-15-32(33-25(34)23-24(29-17-28-23)31-26(33)35)22(27)16-18-11-12-21(36-3)20-10-7-6-9-19(18)20/h6-7,9-12,17,22,30H,8,13-16H2,1-3H3,(H,28,29)(H,31,35)/t22?,27-/m1/s1. The molecule has 0 aliphatic carbocycles. The number of piperidine rings is 1. The van der Waals surface area contributed by atoms with Crippen molar-refractivity contribution in [2.24, 2.45) is 0 Å². The molecule has 2 atom stereocenters. The number of methoxy groups -OCH3 is 1. The summed E-state index contributed by atoms with van der Waals surface area (Å²) < 4.78 is 6.83. The van der Waals surface area contributed by atoms with Crippen molar-refractivity contribution in [3.05, 3.63) is 69.1 Å². The summed E-state index contributed by atoms with van der Waals surface area (Å²) in [7, 11) is 1.67. The molecule has 0 spiro atoms. The first-order chi connectivity index (χ1) is 17.5. The fourth-order valence-electron chi connectivity index (χ4n) is 5.41. The van der Waals surface area contributed by atoms with E-state index in [1.165, 1.54) is 11.0 Å². The number of fused-ring (bicyclic) bond motifs is 2. The van der Waals surface area contributed by atoms with E-state index in [0.717, 1.165) is 34.9 Å². The van der Waals surface area contributed by atoms with Crippen molar-refractivity contribution in [3.63, 3.8) is 0 Å². The molecule has 0 radical (unpaired) electrons. The summed E-state index contributed by atoms with van der Waals surface area (Å²) in [6.45, 7) is 5.06. The fraction of sp³-hybridized carbons (Fsp3) is 0.370. The van der Waals surface area contributed by atoms with Gasteiger partial charge in [-0.1, -0.05) is 36.3 Å². The van der Waals surface area contributed by atoms with Crippen molar-refractivity contribution in [2.75, 3.05) is 25.2 Å². The molecule has 9 nitrogen and oxygen atoms in total. The van der Waals surface area contributed by atoms with Crippen LogP contribution in [0.2, 0.25) is 0 Å². The van der Waals surface area contributed by atoms with Gasteiger partial charge in [-0.05, 0) is 50.1 Å². The summed E-state index contributed by atoms with van der Waals surface area (Å²) in [4.78, 5) is 36.3. The lowest BCUT2D eigenvalue weighted by Crippen LogP contribution is -2.69. The van der Waals surface area contributed by atoms with Gasteiger partial charge in [0, 0.05) is 17.5 Å². The maximum absolute atomic E-state index is 13.4. The molecule has 4 aromatic rings. The van der Waals surface area contributed by atoms with Gasteiger partial charge in [-0.25, -0.2) is 9.78 Å². The van der Waals surface area contributed by atoms with Crippen molar-refractivity contribution in [1.29, 1.82) is 0 Å². The molecule has 9 heteroatoms.